The van der Waals surface area contributed by atoms with Crippen molar-refractivity contribution in [2.45, 2.75) is 52.5 Å². The van der Waals surface area contributed by atoms with Crippen molar-refractivity contribution in [3.05, 3.63) is 27.2 Å². The third-order valence-corrected chi connectivity index (χ3v) is 4.80. The Kier molecular flexibility index (Phi) is 5.13. The molecule has 0 aliphatic carbocycles. The number of aromatic nitrogens is 3. The first-order chi connectivity index (χ1) is 11.2. The van der Waals surface area contributed by atoms with Crippen LogP contribution in [0.4, 0.5) is 0 Å². The number of H-pyrrole nitrogens is 1. The minimum atomic E-state index is -0.435. The molecule has 0 aromatic carbocycles. The molecule has 0 saturated carbocycles. The number of hydrogen-bond donors (Lipinski definition) is 3. The molecule has 0 fully saturated rings. The summed E-state index contributed by atoms with van der Waals surface area (Å²) < 4.78 is 1.59. The highest BCUT2D eigenvalue weighted by molar-refractivity contribution is 5.85. The number of fused-ring (bicyclic) bond motifs is 1. The fourth-order valence-corrected chi connectivity index (χ4v) is 3.02. The van der Waals surface area contributed by atoms with Gasteiger partial charge in [0.15, 0.2) is 5.65 Å². The van der Waals surface area contributed by atoms with E-state index in [1.165, 1.54) is 0 Å². The molecule has 2 aromatic rings. The molecule has 24 heavy (non-hydrogen) atoms. The van der Waals surface area contributed by atoms with Gasteiger partial charge in [0.25, 0.3) is 5.56 Å². The number of rotatable bonds is 6. The summed E-state index contributed by atoms with van der Waals surface area (Å²) in [5.74, 6) is -0.132. The first kappa shape index (κ1) is 18.2. The van der Waals surface area contributed by atoms with Crippen LogP contribution in [0, 0.1) is 13.8 Å². The van der Waals surface area contributed by atoms with Gasteiger partial charge in [-0.2, -0.15) is 0 Å². The average molecular weight is 334 g/mol. The normalized spacial score (nSPS) is 13.9. The van der Waals surface area contributed by atoms with E-state index in [1.807, 2.05) is 27.7 Å². The van der Waals surface area contributed by atoms with E-state index >= 15 is 0 Å². The maximum atomic E-state index is 12.5. The van der Waals surface area contributed by atoms with Crippen LogP contribution in [0.25, 0.3) is 11.0 Å². The Bertz CT molecular complexity index is 821. The lowest BCUT2D eigenvalue weighted by atomic mass is 9.94. The van der Waals surface area contributed by atoms with Crippen LogP contribution in [0.2, 0.25) is 0 Å². The molecular weight excluding hydrogens is 308 g/mol. The van der Waals surface area contributed by atoms with Gasteiger partial charge in [0.2, 0.25) is 5.91 Å². The van der Waals surface area contributed by atoms with Crippen molar-refractivity contribution in [1.29, 1.82) is 0 Å². The van der Waals surface area contributed by atoms with Gasteiger partial charge in [0.05, 0.1) is 11.8 Å². The van der Waals surface area contributed by atoms with Gasteiger partial charge >= 0.3 is 0 Å². The zero-order valence-electron chi connectivity index (χ0n) is 15.0. The monoisotopic (exact) mass is 334 g/mol. The summed E-state index contributed by atoms with van der Waals surface area (Å²) in [5, 5.41) is 15.4. The number of aliphatic hydroxyl groups excluding tert-OH is 1. The van der Waals surface area contributed by atoms with E-state index in [1.54, 1.807) is 11.7 Å². The zero-order chi connectivity index (χ0) is 18.1. The van der Waals surface area contributed by atoms with Gasteiger partial charge < -0.3 is 10.4 Å². The zero-order valence-corrected chi connectivity index (χ0v) is 15.0. The summed E-state index contributed by atoms with van der Waals surface area (Å²) in [4.78, 5) is 29.0. The quantitative estimate of drug-likeness (QED) is 0.736. The topological polar surface area (TPSA) is 100 Å². The Hall–Kier alpha value is -2.15. The van der Waals surface area contributed by atoms with Crippen LogP contribution in [0.5, 0.6) is 0 Å². The highest BCUT2D eigenvalue weighted by atomic mass is 16.3. The fourth-order valence-electron chi connectivity index (χ4n) is 3.02. The van der Waals surface area contributed by atoms with Crippen LogP contribution < -0.4 is 10.9 Å². The molecule has 0 saturated heterocycles. The van der Waals surface area contributed by atoms with Crippen LogP contribution >= 0.6 is 0 Å². The Labute approximate surface area is 141 Å². The Morgan fingerprint density at radius 1 is 1.42 bits per heavy atom. The van der Waals surface area contributed by atoms with Crippen molar-refractivity contribution >= 4 is 16.9 Å². The standard InChI is InChI=1S/C17H26N4O3/c1-6-17(4,7-8-22)19-13(23)9-12-10(2)14-15(18-11(12)3)21(5)20-16(14)24/h22H,6-9H2,1-5H3,(H,19,23)(H,20,24). The highest BCUT2D eigenvalue weighted by Gasteiger charge is 2.25. The second-order valence-corrected chi connectivity index (χ2v) is 6.61. The number of aromatic amines is 1. The van der Waals surface area contributed by atoms with Gasteiger partial charge in [0.1, 0.15) is 0 Å². The van der Waals surface area contributed by atoms with Crippen LogP contribution in [0.3, 0.4) is 0 Å². The number of amides is 1. The lowest BCUT2D eigenvalue weighted by Crippen LogP contribution is -2.46. The third kappa shape index (κ3) is 3.36. The number of aliphatic hydroxyl groups is 1. The Morgan fingerprint density at radius 2 is 2.08 bits per heavy atom. The van der Waals surface area contributed by atoms with Gasteiger partial charge in [0, 0.05) is 24.9 Å². The van der Waals surface area contributed by atoms with Gasteiger partial charge in [-0.1, -0.05) is 6.92 Å². The van der Waals surface area contributed by atoms with Crippen molar-refractivity contribution in [1.82, 2.24) is 20.1 Å². The lowest BCUT2D eigenvalue weighted by Gasteiger charge is -2.29. The van der Waals surface area contributed by atoms with Gasteiger partial charge in [-0.3, -0.25) is 19.4 Å². The summed E-state index contributed by atoms with van der Waals surface area (Å²) in [6.07, 6.45) is 1.39. The fraction of sp³-hybridized carbons (Fsp3) is 0.588. The van der Waals surface area contributed by atoms with E-state index < -0.39 is 5.54 Å². The number of nitrogens with zero attached hydrogens (tertiary/aromatic N) is 2. The van der Waals surface area contributed by atoms with Crippen molar-refractivity contribution < 1.29 is 9.90 Å². The molecule has 2 rings (SSSR count). The average Bonchev–Trinajstić information content (AvgIpc) is 2.78. The van der Waals surface area contributed by atoms with E-state index in [0.717, 1.165) is 23.2 Å². The highest BCUT2D eigenvalue weighted by Crippen LogP contribution is 2.21. The molecule has 1 amide bonds. The van der Waals surface area contributed by atoms with Gasteiger partial charge in [-0.05, 0) is 44.7 Å². The molecule has 0 aliphatic rings. The molecule has 2 aromatic heterocycles. The molecule has 0 radical (unpaired) electrons. The smallest absolute Gasteiger partial charge is 0.273 e. The number of carbonyl (C=O) groups is 1. The minimum Gasteiger partial charge on any atom is -0.396 e. The number of aryl methyl sites for hydroxylation is 3. The summed E-state index contributed by atoms with van der Waals surface area (Å²) in [6.45, 7) is 7.62. The molecule has 1 atom stereocenters. The molecule has 2 heterocycles. The predicted molar refractivity (Wildman–Crippen MR) is 93.1 cm³/mol. The predicted octanol–water partition coefficient (Wildman–Crippen LogP) is 1.09. The van der Waals surface area contributed by atoms with Crippen LogP contribution in [-0.4, -0.2) is 37.9 Å². The maximum absolute atomic E-state index is 12.5. The molecule has 3 N–H and O–H groups in total. The first-order valence-corrected chi connectivity index (χ1v) is 8.19. The molecule has 0 spiro atoms. The molecule has 7 nitrogen and oxygen atoms in total. The van der Waals surface area contributed by atoms with Gasteiger partial charge in [-0.15, -0.1) is 0 Å². The maximum Gasteiger partial charge on any atom is 0.273 e. The number of nitrogens with one attached hydrogen (secondary N) is 2. The molecule has 1 unspecified atom stereocenters. The van der Waals surface area contributed by atoms with Gasteiger partial charge in [-0.25, -0.2) is 4.98 Å². The van der Waals surface area contributed by atoms with E-state index in [-0.39, 0.29) is 24.5 Å². The molecule has 132 valence electrons. The lowest BCUT2D eigenvalue weighted by molar-refractivity contribution is -0.122. The van der Waals surface area contributed by atoms with E-state index in [0.29, 0.717) is 17.5 Å². The largest absolute Gasteiger partial charge is 0.396 e. The first-order valence-electron chi connectivity index (χ1n) is 8.19. The summed E-state index contributed by atoms with van der Waals surface area (Å²) >= 11 is 0. The third-order valence-electron chi connectivity index (χ3n) is 4.80. The molecular formula is C17H26N4O3. The summed E-state index contributed by atoms with van der Waals surface area (Å²) in [5.41, 5.74) is 2.27. The van der Waals surface area contributed by atoms with E-state index in [9.17, 15) is 14.7 Å². The number of pyridine rings is 1. The van der Waals surface area contributed by atoms with Crippen molar-refractivity contribution in [2.75, 3.05) is 6.61 Å². The summed E-state index contributed by atoms with van der Waals surface area (Å²) in [7, 11) is 1.74. The number of hydrogen-bond acceptors (Lipinski definition) is 4. The second kappa shape index (κ2) is 6.76. The molecule has 0 bridgehead atoms. The van der Waals surface area contributed by atoms with Crippen LogP contribution in [-0.2, 0) is 18.3 Å². The van der Waals surface area contributed by atoms with Crippen molar-refractivity contribution in [2.24, 2.45) is 7.05 Å². The second-order valence-electron chi connectivity index (χ2n) is 6.61. The van der Waals surface area contributed by atoms with E-state index in [4.69, 9.17) is 0 Å². The SMILES string of the molecule is CCC(C)(CCO)NC(=O)Cc1c(C)nc2c(c1C)c(=O)[nH]n2C. The minimum absolute atomic E-state index is 0.0234. The van der Waals surface area contributed by atoms with Crippen LogP contribution in [0.1, 0.15) is 43.5 Å². The molecule has 7 heteroatoms. The Balaban J connectivity index is 2.35. The van der Waals surface area contributed by atoms with Crippen molar-refractivity contribution in [3.63, 3.8) is 0 Å². The molecule has 0 aliphatic heterocycles. The van der Waals surface area contributed by atoms with Crippen molar-refractivity contribution in [3.8, 4) is 0 Å². The summed E-state index contributed by atoms with van der Waals surface area (Å²) in [6, 6.07) is 0. The Morgan fingerprint density at radius 3 is 2.67 bits per heavy atom. The van der Waals surface area contributed by atoms with Crippen LogP contribution in [0.15, 0.2) is 4.79 Å². The van der Waals surface area contributed by atoms with E-state index in [2.05, 4.69) is 15.4 Å². The number of carbonyl (C=O) groups excluding carboxylic acids is 1.